The van der Waals surface area contributed by atoms with Gasteiger partial charge < -0.3 is 9.84 Å². The van der Waals surface area contributed by atoms with E-state index < -0.39 is 6.10 Å². The highest BCUT2D eigenvalue weighted by molar-refractivity contribution is 5.36. The highest BCUT2D eigenvalue weighted by atomic mass is 16.5. The van der Waals surface area contributed by atoms with Crippen LogP contribution in [0.1, 0.15) is 24.2 Å². The normalized spacial score (nSPS) is 12.4. The topological polar surface area (TPSA) is 47.3 Å². The predicted molar refractivity (Wildman–Crippen MR) is 69.5 cm³/mol. The molecular weight excluding hydrogens is 228 g/mol. The molecule has 0 aliphatic heterocycles. The summed E-state index contributed by atoms with van der Waals surface area (Å²) in [6.07, 6.45) is 3.22. The number of benzene rings is 1. The second-order valence-corrected chi connectivity index (χ2v) is 4.32. The van der Waals surface area contributed by atoms with E-state index in [1.165, 1.54) is 0 Å². The summed E-state index contributed by atoms with van der Waals surface area (Å²) in [6.45, 7) is 5.04. The fraction of sp³-hybridized carbons (Fsp3) is 0.357. The maximum Gasteiger partial charge on any atom is 0.122 e. The minimum absolute atomic E-state index is 0.443. The van der Waals surface area contributed by atoms with E-state index in [0.717, 1.165) is 23.4 Å². The summed E-state index contributed by atoms with van der Waals surface area (Å²) >= 11 is 0. The van der Waals surface area contributed by atoms with Crippen LogP contribution in [0.5, 0.6) is 5.75 Å². The Morgan fingerprint density at radius 2 is 2.28 bits per heavy atom. The molecule has 18 heavy (non-hydrogen) atoms. The number of aromatic nitrogens is 2. The molecule has 2 aromatic rings. The molecule has 0 fully saturated rings. The lowest BCUT2D eigenvalue weighted by Crippen LogP contribution is -2.09. The second-order valence-electron chi connectivity index (χ2n) is 4.32. The molecular formula is C14H18N2O2. The van der Waals surface area contributed by atoms with Gasteiger partial charge in [0, 0.05) is 12.4 Å². The summed E-state index contributed by atoms with van der Waals surface area (Å²) in [4.78, 5) is 0. The first kappa shape index (κ1) is 12.6. The van der Waals surface area contributed by atoms with Crippen molar-refractivity contribution in [3.05, 3.63) is 47.8 Å². The van der Waals surface area contributed by atoms with Gasteiger partial charge in [0.2, 0.25) is 0 Å². The standard InChI is InChI=1S/C14H18N2O2/c1-11-10-13(12(2)17)4-5-14(11)18-9-8-16-7-3-6-15-16/h3-7,10,12,17H,8-9H2,1-2H3/t12-/m0/s1. The molecule has 1 heterocycles. The van der Waals surface area contributed by atoms with Crippen molar-refractivity contribution < 1.29 is 9.84 Å². The summed E-state index contributed by atoms with van der Waals surface area (Å²) in [7, 11) is 0. The van der Waals surface area contributed by atoms with Crippen molar-refractivity contribution in [1.29, 1.82) is 0 Å². The number of hydrogen-bond acceptors (Lipinski definition) is 3. The lowest BCUT2D eigenvalue weighted by atomic mass is 10.1. The molecule has 4 heteroatoms. The van der Waals surface area contributed by atoms with Crippen molar-refractivity contribution in [1.82, 2.24) is 9.78 Å². The van der Waals surface area contributed by atoms with Crippen LogP contribution in [0.4, 0.5) is 0 Å². The van der Waals surface area contributed by atoms with Crippen molar-refractivity contribution in [2.24, 2.45) is 0 Å². The van der Waals surface area contributed by atoms with Gasteiger partial charge in [0.1, 0.15) is 12.4 Å². The lowest BCUT2D eigenvalue weighted by molar-refractivity contribution is 0.199. The molecule has 0 unspecified atom stereocenters. The van der Waals surface area contributed by atoms with Gasteiger partial charge in [-0.25, -0.2) is 0 Å². The number of nitrogens with zero attached hydrogens (tertiary/aromatic N) is 2. The van der Waals surface area contributed by atoms with Gasteiger partial charge in [-0.05, 0) is 43.2 Å². The van der Waals surface area contributed by atoms with Gasteiger partial charge in [-0.2, -0.15) is 5.10 Å². The van der Waals surface area contributed by atoms with E-state index in [4.69, 9.17) is 4.74 Å². The maximum atomic E-state index is 9.49. The molecule has 0 saturated carbocycles. The number of ether oxygens (including phenoxy) is 1. The Morgan fingerprint density at radius 1 is 1.44 bits per heavy atom. The smallest absolute Gasteiger partial charge is 0.122 e. The molecule has 1 aromatic carbocycles. The van der Waals surface area contributed by atoms with Crippen LogP contribution < -0.4 is 4.74 Å². The number of rotatable bonds is 5. The molecule has 0 bridgehead atoms. The van der Waals surface area contributed by atoms with E-state index in [1.807, 2.05) is 42.1 Å². The van der Waals surface area contributed by atoms with Crippen LogP contribution in [0.3, 0.4) is 0 Å². The third-order valence-corrected chi connectivity index (χ3v) is 2.82. The molecule has 96 valence electrons. The average molecular weight is 246 g/mol. The van der Waals surface area contributed by atoms with E-state index in [1.54, 1.807) is 13.1 Å². The third-order valence-electron chi connectivity index (χ3n) is 2.82. The number of aliphatic hydroxyl groups excluding tert-OH is 1. The Labute approximate surface area is 107 Å². The molecule has 4 nitrogen and oxygen atoms in total. The predicted octanol–water partition coefficient (Wildman–Crippen LogP) is 2.32. The van der Waals surface area contributed by atoms with Crippen molar-refractivity contribution in [3.8, 4) is 5.75 Å². The highest BCUT2D eigenvalue weighted by Crippen LogP contribution is 2.22. The van der Waals surface area contributed by atoms with Crippen LogP contribution in [-0.2, 0) is 6.54 Å². The first-order chi connectivity index (χ1) is 8.66. The monoisotopic (exact) mass is 246 g/mol. The Morgan fingerprint density at radius 3 is 2.89 bits per heavy atom. The van der Waals surface area contributed by atoms with Gasteiger partial charge in [-0.15, -0.1) is 0 Å². The van der Waals surface area contributed by atoms with Gasteiger partial charge in [0.25, 0.3) is 0 Å². The first-order valence-corrected chi connectivity index (χ1v) is 6.05. The molecule has 0 aliphatic rings. The molecule has 0 amide bonds. The van der Waals surface area contributed by atoms with E-state index in [-0.39, 0.29) is 0 Å². The highest BCUT2D eigenvalue weighted by Gasteiger charge is 2.05. The SMILES string of the molecule is Cc1cc([C@H](C)O)ccc1OCCn1cccn1. The van der Waals surface area contributed by atoms with E-state index in [2.05, 4.69) is 5.10 Å². The Hall–Kier alpha value is -1.81. The van der Waals surface area contributed by atoms with Crippen LogP contribution in [0.25, 0.3) is 0 Å². The van der Waals surface area contributed by atoms with Gasteiger partial charge >= 0.3 is 0 Å². The van der Waals surface area contributed by atoms with Crippen molar-refractivity contribution in [3.63, 3.8) is 0 Å². The maximum absolute atomic E-state index is 9.49. The zero-order valence-electron chi connectivity index (χ0n) is 10.7. The molecule has 0 saturated heterocycles. The molecule has 1 N–H and O–H groups in total. The lowest BCUT2D eigenvalue weighted by Gasteiger charge is -2.12. The fourth-order valence-electron chi connectivity index (χ4n) is 1.78. The summed E-state index contributed by atoms with van der Waals surface area (Å²) < 4.78 is 7.54. The summed E-state index contributed by atoms with van der Waals surface area (Å²) in [5, 5.41) is 13.6. The van der Waals surface area contributed by atoms with Crippen molar-refractivity contribution in [2.75, 3.05) is 6.61 Å². The summed E-state index contributed by atoms with van der Waals surface area (Å²) in [5.41, 5.74) is 1.95. The quantitative estimate of drug-likeness (QED) is 0.880. The van der Waals surface area contributed by atoms with Gasteiger partial charge in [0.05, 0.1) is 12.6 Å². The largest absolute Gasteiger partial charge is 0.491 e. The Bertz CT molecular complexity index is 493. The van der Waals surface area contributed by atoms with Gasteiger partial charge in [-0.1, -0.05) is 6.07 Å². The van der Waals surface area contributed by atoms with E-state index in [9.17, 15) is 5.11 Å². The van der Waals surface area contributed by atoms with Crippen LogP contribution >= 0.6 is 0 Å². The summed E-state index contributed by atoms with van der Waals surface area (Å²) in [6, 6.07) is 7.64. The van der Waals surface area contributed by atoms with Crippen molar-refractivity contribution >= 4 is 0 Å². The number of hydrogen-bond donors (Lipinski definition) is 1. The van der Waals surface area contributed by atoms with Crippen LogP contribution in [0.2, 0.25) is 0 Å². The molecule has 0 spiro atoms. The molecule has 1 atom stereocenters. The Kier molecular flexibility index (Phi) is 3.99. The zero-order valence-corrected chi connectivity index (χ0v) is 10.7. The fourth-order valence-corrected chi connectivity index (χ4v) is 1.78. The number of aryl methyl sites for hydroxylation is 1. The van der Waals surface area contributed by atoms with Crippen LogP contribution in [0, 0.1) is 6.92 Å². The number of aliphatic hydroxyl groups is 1. The molecule has 0 radical (unpaired) electrons. The minimum Gasteiger partial charge on any atom is -0.491 e. The molecule has 2 rings (SSSR count). The van der Waals surface area contributed by atoms with Crippen molar-refractivity contribution in [2.45, 2.75) is 26.5 Å². The first-order valence-electron chi connectivity index (χ1n) is 6.05. The van der Waals surface area contributed by atoms with Gasteiger partial charge in [-0.3, -0.25) is 4.68 Å². The zero-order chi connectivity index (χ0) is 13.0. The van der Waals surface area contributed by atoms with Crippen LogP contribution in [-0.4, -0.2) is 21.5 Å². The summed E-state index contributed by atoms with van der Waals surface area (Å²) in [5.74, 6) is 0.853. The van der Waals surface area contributed by atoms with E-state index in [0.29, 0.717) is 6.61 Å². The van der Waals surface area contributed by atoms with E-state index >= 15 is 0 Å². The third kappa shape index (κ3) is 3.11. The molecule has 0 aliphatic carbocycles. The van der Waals surface area contributed by atoms with Crippen LogP contribution in [0.15, 0.2) is 36.7 Å². The van der Waals surface area contributed by atoms with Gasteiger partial charge in [0.15, 0.2) is 0 Å². The minimum atomic E-state index is -0.443. The average Bonchev–Trinajstić information content (AvgIpc) is 2.84. The molecule has 1 aromatic heterocycles. The second kappa shape index (κ2) is 5.69. The Balaban J connectivity index is 1.93.